The summed E-state index contributed by atoms with van der Waals surface area (Å²) in [5, 5.41) is 0. The first-order chi connectivity index (χ1) is 7.65. The van der Waals surface area contributed by atoms with E-state index in [1.54, 1.807) is 7.11 Å². The molecule has 0 heterocycles. The van der Waals surface area contributed by atoms with E-state index in [4.69, 9.17) is 4.74 Å². The lowest BCUT2D eigenvalue weighted by molar-refractivity contribution is 0.0971. The highest BCUT2D eigenvalue weighted by Crippen LogP contribution is 2.36. The van der Waals surface area contributed by atoms with E-state index in [-0.39, 0.29) is 5.78 Å². The van der Waals surface area contributed by atoms with Gasteiger partial charge in [-0.3, -0.25) is 4.79 Å². The number of hydrogen-bond donors (Lipinski definition) is 0. The van der Waals surface area contributed by atoms with Crippen LogP contribution < -0.4 is 4.74 Å². The summed E-state index contributed by atoms with van der Waals surface area (Å²) < 4.78 is 5.50. The van der Waals surface area contributed by atoms with Gasteiger partial charge in [0, 0.05) is 17.5 Å². The molecule has 1 aromatic carbocycles. The summed E-state index contributed by atoms with van der Waals surface area (Å²) >= 11 is 0. The minimum Gasteiger partial charge on any atom is -0.496 e. The van der Waals surface area contributed by atoms with Gasteiger partial charge in [-0.2, -0.15) is 0 Å². The van der Waals surface area contributed by atoms with Crippen molar-refractivity contribution in [1.29, 1.82) is 0 Å². The lowest BCUT2D eigenvalue weighted by atomic mass is 9.86. The smallest absolute Gasteiger partial charge is 0.163 e. The van der Waals surface area contributed by atoms with Gasteiger partial charge < -0.3 is 4.74 Å². The molecule has 0 atom stereocenters. The zero-order valence-corrected chi connectivity index (χ0v) is 10.2. The van der Waals surface area contributed by atoms with Crippen LogP contribution in [0.15, 0.2) is 12.1 Å². The van der Waals surface area contributed by atoms with Gasteiger partial charge in [-0.15, -0.1) is 0 Å². The van der Waals surface area contributed by atoms with Crippen molar-refractivity contribution in [1.82, 2.24) is 0 Å². The molecule has 0 amide bonds. The fourth-order valence-corrected chi connectivity index (χ4v) is 2.41. The maximum Gasteiger partial charge on any atom is 0.163 e. The third kappa shape index (κ3) is 1.73. The second-order valence-electron chi connectivity index (χ2n) is 4.65. The SMILES string of the molecule is COc1c(C(C)C)ccc2c1CCCC2=O. The molecule has 1 aromatic rings. The van der Waals surface area contributed by atoms with Gasteiger partial charge in [0.15, 0.2) is 5.78 Å². The minimum absolute atomic E-state index is 0.259. The van der Waals surface area contributed by atoms with Gasteiger partial charge in [0.05, 0.1) is 7.11 Å². The largest absolute Gasteiger partial charge is 0.496 e. The van der Waals surface area contributed by atoms with Crippen LogP contribution in [0.4, 0.5) is 0 Å². The van der Waals surface area contributed by atoms with Crippen LogP contribution in [0.1, 0.15) is 54.1 Å². The van der Waals surface area contributed by atoms with Crippen molar-refractivity contribution in [3.63, 3.8) is 0 Å². The third-order valence-electron chi connectivity index (χ3n) is 3.25. The second-order valence-corrected chi connectivity index (χ2v) is 4.65. The number of carbonyl (C=O) groups is 1. The van der Waals surface area contributed by atoms with Crippen molar-refractivity contribution in [3.8, 4) is 5.75 Å². The summed E-state index contributed by atoms with van der Waals surface area (Å²) in [5.41, 5.74) is 3.19. The molecule has 2 rings (SSSR count). The molecule has 1 aliphatic carbocycles. The molecule has 86 valence electrons. The van der Waals surface area contributed by atoms with Crippen molar-refractivity contribution in [2.45, 2.75) is 39.0 Å². The van der Waals surface area contributed by atoms with Gasteiger partial charge in [-0.1, -0.05) is 26.0 Å². The monoisotopic (exact) mass is 218 g/mol. The van der Waals surface area contributed by atoms with Crippen molar-refractivity contribution in [2.24, 2.45) is 0 Å². The Morgan fingerprint density at radius 2 is 2.00 bits per heavy atom. The number of ether oxygens (including phenoxy) is 1. The maximum absolute atomic E-state index is 11.8. The lowest BCUT2D eigenvalue weighted by Gasteiger charge is -2.21. The van der Waals surface area contributed by atoms with E-state index < -0.39 is 0 Å². The van der Waals surface area contributed by atoms with E-state index in [2.05, 4.69) is 13.8 Å². The Morgan fingerprint density at radius 3 is 2.62 bits per heavy atom. The van der Waals surface area contributed by atoms with Crippen LogP contribution in [0, 0.1) is 0 Å². The molecular weight excluding hydrogens is 200 g/mol. The van der Waals surface area contributed by atoms with Crippen molar-refractivity contribution in [3.05, 3.63) is 28.8 Å². The molecule has 0 bridgehead atoms. The van der Waals surface area contributed by atoms with Crippen LogP contribution in [0.25, 0.3) is 0 Å². The fraction of sp³-hybridized carbons (Fsp3) is 0.500. The molecule has 1 aliphatic rings. The summed E-state index contributed by atoms with van der Waals surface area (Å²) in [6.45, 7) is 4.30. The maximum atomic E-state index is 11.8. The van der Waals surface area contributed by atoms with Crippen LogP contribution >= 0.6 is 0 Å². The highest BCUT2D eigenvalue weighted by Gasteiger charge is 2.23. The van der Waals surface area contributed by atoms with Gasteiger partial charge in [-0.05, 0) is 24.3 Å². The first kappa shape index (κ1) is 11.2. The summed E-state index contributed by atoms with van der Waals surface area (Å²) in [5.74, 6) is 1.62. The van der Waals surface area contributed by atoms with Crippen molar-refractivity contribution >= 4 is 5.78 Å². The summed E-state index contributed by atoms with van der Waals surface area (Å²) in [6, 6.07) is 4.00. The highest BCUT2D eigenvalue weighted by atomic mass is 16.5. The Hall–Kier alpha value is -1.31. The number of hydrogen-bond acceptors (Lipinski definition) is 2. The summed E-state index contributed by atoms with van der Waals surface area (Å²) in [7, 11) is 1.70. The zero-order chi connectivity index (χ0) is 11.7. The molecule has 0 radical (unpaired) electrons. The molecule has 0 fully saturated rings. The number of ketones is 1. The molecule has 0 N–H and O–H groups in total. The number of Topliss-reactive ketones (excluding diaryl/α,β-unsaturated/α-hetero) is 1. The van der Waals surface area contributed by atoms with Gasteiger partial charge in [0.2, 0.25) is 0 Å². The van der Waals surface area contributed by atoms with Gasteiger partial charge in [-0.25, -0.2) is 0 Å². The molecule has 2 nitrogen and oxygen atoms in total. The number of carbonyl (C=O) groups excluding carboxylic acids is 1. The predicted octanol–water partition coefficient (Wildman–Crippen LogP) is 3.34. The first-order valence-corrected chi connectivity index (χ1v) is 5.88. The van der Waals surface area contributed by atoms with Crippen molar-refractivity contribution < 1.29 is 9.53 Å². The van der Waals surface area contributed by atoms with Crippen LogP contribution in [-0.2, 0) is 6.42 Å². The molecule has 0 aromatic heterocycles. The fourth-order valence-electron chi connectivity index (χ4n) is 2.41. The Morgan fingerprint density at radius 1 is 1.25 bits per heavy atom. The Balaban J connectivity index is 2.59. The third-order valence-corrected chi connectivity index (χ3v) is 3.25. The molecule has 16 heavy (non-hydrogen) atoms. The van der Waals surface area contributed by atoms with Crippen LogP contribution in [-0.4, -0.2) is 12.9 Å². The van der Waals surface area contributed by atoms with E-state index in [1.165, 1.54) is 5.56 Å². The van der Waals surface area contributed by atoms with Crippen LogP contribution in [0.5, 0.6) is 5.75 Å². The second kappa shape index (κ2) is 4.28. The predicted molar refractivity (Wildman–Crippen MR) is 64.4 cm³/mol. The van der Waals surface area contributed by atoms with E-state index in [1.807, 2.05) is 12.1 Å². The van der Waals surface area contributed by atoms with E-state index in [9.17, 15) is 4.79 Å². The summed E-state index contributed by atoms with van der Waals surface area (Å²) in [4.78, 5) is 11.8. The number of rotatable bonds is 2. The van der Waals surface area contributed by atoms with E-state index >= 15 is 0 Å². The normalized spacial score (nSPS) is 15.1. The highest BCUT2D eigenvalue weighted by molar-refractivity contribution is 5.99. The van der Waals surface area contributed by atoms with Gasteiger partial charge >= 0.3 is 0 Å². The van der Waals surface area contributed by atoms with Crippen LogP contribution in [0.3, 0.4) is 0 Å². The van der Waals surface area contributed by atoms with E-state index in [0.29, 0.717) is 12.3 Å². The lowest BCUT2D eigenvalue weighted by Crippen LogP contribution is -2.13. The first-order valence-electron chi connectivity index (χ1n) is 5.88. The standard InChI is InChI=1S/C14H18O2/c1-9(2)10-7-8-11-12(14(10)16-3)5-4-6-13(11)15/h7-9H,4-6H2,1-3H3. The molecule has 0 unspecified atom stereocenters. The average molecular weight is 218 g/mol. The molecule has 2 heteroatoms. The summed E-state index contributed by atoms with van der Waals surface area (Å²) in [6.07, 6.45) is 2.59. The molecule has 0 saturated carbocycles. The quantitative estimate of drug-likeness (QED) is 0.761. The number of benzene rings is 1. The zero-order valence-electron chi connectivity index (χ0n) is 10.2. The molecule has 0 saturated heterocycles. The Bertz CT molecular complexity index is 419. The van der Waals surface area contributed by atoms with Crippen molar-refractivity contribution in [2.75, 3.05) is 7.11 Å². The molecule has 0 aliphatic heterocycles. The Kier molecular flexibility index (Phi) is 2.99. The van der Waals surface area contributed by atoms with Crippen LogP contribution in [0.2, 0.25) is 0 Å². The topological polar surface area (TPSA) is 26.3 Å². The molecular formula is C14H18O2. The van der Waals surface area contributed by atoms with Gasteiger partial charge in [0.25, 0.3) is 0 Å². The minimum atomic E-state index is 0.259. The molecule has 0 spiro atoms. The number of fused-ring (bicyclic) bond motifs is 1. The van der Waals surface area contributed by atoms with E-state index in [0.717, 1.165) is 29.7 Å². The Labute approximate surface area is 96.6 Å². The average Bonchev–Trinajstić information content (AvgIpc) is 2.27. The number of methoxy groups -OCH3 is 1. The van der Waals surface area contributed by atoms with Gasteiger partial charge in [0.1, 0.15) is 5.75 Å².